The monoisotopic (exact) mass is 460 g/mol. The van der Waals surface area contributed by atoms with Crippen molar-refractivity contribution in [2.45, 2.75) is 12.6 Å². The first-order valence-electron chi connectivity index (χ1n) is 10.5. The molecular formula is C26H24N2O6. The van der Waals surface area contributed by atoms with Gasteiger partial charge < -0.3 is 24.2 Å². The highest BCUT2D eigenvalue weighted by molar-refractivity contribution is 6.46. The van der Waals surface area contributed by atoms with Crippen molar-refractivity contribution in [2.24, 2.45) is 0 Å². The molecule has 1 aliphatic rings. The van der Waals surface area contributed by atoms with Crippen LogP contribution in [0.1, 0.15) is 22.7 Å². The van der Waals surface area contributed by atoms with Gasteiger partial charge in [-0.25, -0.2) is 0 Å². The van der Waals surface area contributed by atoms with E-state index < -0.39 is 17.7 Å². The number of nitrogens with zero attached hydrogens (tertiary/aromatic N) is 2. The van der Waals surface area contributed by atoms with E-state index in [-0.39, 0.29) is 17.9 Å². The number of Topliss-reactive ketones (excluding diaryl/α,β-unsaturated/α-hetero) is 1. The van der Waals surface area contributed by atoms with Gasteiger partial charge >= 0.3 is 0 Å². The first-order valence-corrected chi connectivity index (χ1v) is 10.5. The highest BCUT2D eigenvalue weighted by Gasteiger charge is 2.46. The number of amides is 1. The van der Waals surface area contributed by atoms with Crippen molar-refractivity contribution in [1.29, 1.82) is 0 Å². The second-order valence-electron chi connectivity index (χ2n) is 7.61. The van der Waals surface area contributed by atoms with Crippen molar-refractivity contribution in [2.75, 3.05) is 21.3 Å². The number of methoxy groups -OCH3 is 3. The number of hydrogen-bond acceptors (Lipinski definition) is 7. The Labute approximate surface area is 197 Å². The third-order valence-electron chi connectivity index (χ3n) is 5.67. The molecule has 2 aromatic carbocycles. The second kappa shape index (κ2) is 9.66. The summed E-state index contributed by atoms with van der Waals surface area (Å²) in [6, 6.07) is 14.7. The SMILES string of the molecule is COc1cc(C2C(=C(O)c3ccccc3)C(=O)C(=O)N2Cc2cccnc2)cc(OC)c1OC. The average Bonchev–Trinajstić information content (AvgIpc) is 3.13. The number of carbonyl (C=O) groups excluding carboxylic acids is 2. The van der Waals surface area contributed by atoms with E-state index in [0.29, 0.717) is 28.4 Å². The number of aliphatic hydroxyl groups excluding tert-OH is 1. The maximum absolute atomic E-state index is 13.2. The molecule has 1 N–H and O–H groups in total. The van der Waals surface area contributed by atoms with Crippen LogP contribution in [0.5, 0.6) is 17.2 Å². The predicted octanol–water partition coefficient (Wildman–Crippen LogP) is 3.73. The number of ketones is 1. The number of ether oxygens (including phenoxy) is 3. The van der Waals surface area contributed by atoms with Crippen LogP contribution in [0.25, 0.3) is 5.76 Å². The summed E-state index contributed by atoms with van der Waals surface area (Å²) in [5.74, 6) is -0.649. The summed E-state index contributed by atoms with van der Waals surface area (Å²) < 4.78 is 16.4. The molecule has 1 saturated heterocycles. The van der Waals surface area contributed by atoms with Crippen molar-refractivity contribution < 1.29 is 28.9 Å². The van der Waals surface area contributed by atoms with E-state index in [4.69, 9.17) is 14.2 Å². The topological polar surface area (TPSA) is 98.2 Å². The van der Waals surface area contributed by atoms with Gasteiger partial charge in [-0.1, -0.05) is 36.4 Å². The van der Waals surface area contributed by atoms with Crippen molar-refractivity contribution in [3.63, 3.8) is 0 Å². The molecule has 0 aliphatic carbocycles. The van der Waals surface area contributed by atoms with E-state index in [2.05, 4.69) is 4.98 Å². The van der Waals surface area contributed by atoms with E-state index in [0.717, 1.165) is 5.56 Å². The number of hydrogen-bond donors (Lipinski definition) is 1. The molecule has 8 nitrogen and oxygen atoms in total. The van der Waals surface area contributed by atoms with Crippen LogP contribution in [0, 0.1) is 0 Å². The predicted molar refractivity (Wildman–Crippen MR) is 125 cm³/mol. The molecule has 2 heterocycles. The molecule has 1 atom stereocenters. The Balaban J connectivity index is 1.94. The molecule has 8 heteroatoms. The van der Waals surface area contributed by atoms with Crippen LogP contribution in [0.15, 0.2) is 72.6 Å². The minimum atomic E-state index is -0.894. The first-order chi connectivity index (χ1) is 16.5. The molecule has 3 aromatic rings. The summed E-state index contributed by atoms with van der Waals surface area (Å²) >= 11 is 0. The van der Waals surface area contributed by atoms with Crippen molar-refractivity contribution >= 4 is 17.4 Å². The molecule has 34 heavy (non-hydrogen) atoms. The molecule has 0 saturated carbocycles. The number of carbonyl (C=O) groups is 2. The van der Waals surface area contributed by atoms with Crippen molar-refractivity contribution in [3.05, 3.63) is 89.3 Å². The summed E-state index contributed by atoms with van der Waals surface area (Å²) in [6.45, 7) is 0.116. The second-order valence-corrected chi connectivity index (χ2v) is 7.61. The molecule has 0 bridgehead atoms. The van der Waals surface area contributed by atoms with Crippen LogP contribution in [0.3, 0.4) is 0 Å². The molecule has 174 valence electrons. The van der Waals surface area contributed by atoms with Gasteiger partial charge in [-0.15, -0.1) is 0 Å². The number of benzene rings is 2. The summed E-state index contributed by atoms with van der Waals surface area (Å²) in [5, 5.41) is 11.2. The number of rotatable bonds is 7. The van der Waals surface area contributed by atoms with Gasteiger partial charge in [-0.2, -0.15) is 0 Å². The van der Waals surface area contributed by atoms with Crippen LogP contribution in [-0.4, -0.2) is 48.0 Å². The Hall–Kier alpha value is -4.33. The van der Waals surface area contributed by atoms with Gasteiger partial charge in [0, 0.05) is 24.5 Å². The zero-order valence-corrected chi connectivity index (χ0v) is 19.0. The van der Waals surface area contributed by atoms with Gasteiger partial charge in [0.15, 0.2) is 11.5 Å². The highest BCUT2D eigenvalue weighted by Crippen LogP contribution is 2.46. The summed E-state index contributed by atoms with van der Waals surface area (Å²) in [5.41, 5.74) is 1.67. The Morgan fingerprint density at radius 1 is 0.971 bits per heavy atom. The third kappa shape index (κ3) is 4.05. The molecule has 1 aliphatic heterocycles. The van der Waals surface area contributed by atoms with Crippen molar-refractivity contribution in [1.82, 2.24) is 9.88 Å². The standard InChI is InChI=1S/C26H24N2O6/c1-32-19-12-18(13-20(33-2)25(19)34-3)22-21(23(29)17-9-5-4-6-10-17)24(30)26(31)28(22)15-16-8-7-11-27-14-16/h4-14,22,29H,15H2,1-3H3. The summed E-state index contributed by atoms with van der Waals surface area (Å²) in [6.07, 6.45) is 3.26. The number of likely N-dealkylation sites (tertiary alicyclic amines) is 1. The molecule has 0 radical (unpaired) electrons. The molecule has 1 fully saturated rings. The minimum Gasteiger partial charge on any atom is -0.507 e. The van der Waals surface area contributed by atoms with Crippen LogP contribution < -0.4 is 14.2 Å². The molecular weight excluding hydrogens is 436 g/mol. The van der Waals surface area contributed by atoms with Gasteiger partial charge in [-0.05, 0) is 29.3 Å². The van der Waals surface area contributed by atoms with Gasteiger partial charge in [-0.3, -0.25) is 14.6 Å². The van der Waals surface area contributed by atoms with E-state index in [9.17, 15) is 14.7 Å². The van der Waals surface area contributed by atoms with E-state index in [1.165, 1.54) is 26.2 Å². The molecule has 1 aromatic heterocycles. The van der Waals surface area contributed by atoms with Crippen LogP contribution >= 0.6 is 0 Å². The first kappa shape index (κ1) is 22.8. The van der Waals surface area contributed by atoms with Gasteiger partial charge in [0.05, 0.1) is 32.9 Å². The fourth-order valence-corrected chi connectivity index (χ4v) is 4.09. The van der Waals surface area contributed by atoms with Crippen LogP contribution in [0.2, 0.25) is 0 Å². The van der Waals surface area contributed by atoms with Crippen molar-refractivity contribution in [3.8, 4) is 17.2 Å². The number of pyridine rings is 1. The zero-order chi connectivity index (χ0) is 24.2. The van der Waals surface area contributed by atoms with Crippen LogP contribution in [0.4, 0.5) is 0 Å². The van der Waals surface area contributed by atoms with Gasteiger partial charge in [0.25, 0.3) is 11.7 Å². The van der Waals surface area contributed by atoms with Gasteiger partial charge in [0.1, 0.15) is 5.76 Å². The maximum atomic E-state index is 13.2. The average molecular weight is 460 g/mol. The lowest BCUT2D eigenvalue weighted by Gasteiger charge is -2.26. The lowest BCUT2D eigenvalue weighted by molar-refractivity contribution is -0.140. The lowest BCUT2D eigenvalue weighted by atomic mass is 9.94. The quantitative estimate of drug-likeness (QED) is 0.326. The molecule has 0 spiro atoms. The normalized spacial score (nSPS) is 17.0. The Bertz CT molecular complexity index is 1220. The smallest absolute Gasteiger partial charge is 0.295 e. The fourth-order valence-electron chi connectivity index (χ4n) is 4.09. The summed E-state index contributed by atoms with van der Waals surface area (Å²) in [7, 11) is 4.46. The molecule has 1 unspecified atom stereocenters. The van der Waals surface area contributed by atoms with Crippen LogP contribution in [-0.2, 0) is 16.1 Å². The van der Waals surface area contributed by atoms with E-state index >= 15 is 0 Å². The Morgan fingerprint density at radius 3 is 2.21 bits per heavy atom. The third-order valence-corrected chi connectivity index (χ3v) is 5.67. The van der Waals surface area contributed by atoms with E-state index in [1.807, 2.05) is 6.07 Å². The Morgan fingerprint density at radius 2 is 1.65 bits per heavy atom. The fraction of sp³-hybridized carbons (Fsp3) is 0.192. The highest BCUT2D eigenvalue weighted by atomic mass is 16.5. The summed E-state index contributed by atoms with van der Waals surface area (Å²) in [4.78, 5) is 31.9. The van der Waals surface area contributed by atoms with E-state index in [1.54, 1.807) is 60.9 Å². The molecule has 4 rings (SSSR count). The molecule has 1 amide bonds. The number of aromatic nitrogens is 1. The Kier molecular flexibility index (Phi) is 6.49. The zero-order valence-electron chi connectivity index (χ0n) is 19.0. The largest absolute Gasteiger partial charge is 0.507 e. The van der Waals surface area contributed by atoms with Gasteiger partial charge in [0.2, 0.25) is 5.75 Å². The lowest BCUT2D eigenvalue weighted by Crippen LogP contribution is -2.29. The maximum Gasteiger partial charge on any atom is 0.295 e. The number of aliphatic hydroxyl groups is 1. The minimum absolute atomic E-state index is 0.0191.